The summed E-state index contributed by atoms with van der Waals surface area (Å²) in [5, 5.41) is 12.4. The second kappa shape index (κ2) is 15.2. The zero-order chi connectivity index (χ0) is 33.3. The molecule has 0 saturated heterocycles. The number of carbonyl (C=O) groups is 4. The number of nitrogens with one attached hydrogen (secondary N) is 3. The fraction of sp³-hybridized carbons (Fsp3) is 0.364. The summed E-state index contributed by atoms with van der Waals surface area (Å²) in [4.78, 5) is 64.0. The maximum atomic E-state index is 13.8. The number of rotatable bonds is 7. The fourth-order valence-electron chi connectivity index (χ4n) is 5.12. The predicted molar refractivity (Wildman–Crippen MR) is 167 cm³/mol. The van der Waals surface area contributed by atoms with Crippen molar-refractivity contribution in [1.82, 2.24) is 36.0 Å². The van der Waals surface area contributed by atoms with Crippen molar-refractivity contribution in [3.8, 4) is 5.88 Å². The molecule has 0 radical (unpaired) electrons. The molecule has 1 aromatic carbocycles. The van der Waals surface area contributed by atoms with Gasteiger partial charge in [-0.3, -0.25) is 19.2 Å². The molecule has 1 aliphatic heterocycles. The summed E-state index contributed by atoms with van der Waals surface area (Å²) in [6.45, 7) is 6.03. The van der Waals surface area contributed by atoms with Crippen molar-refractivity contribution in [2.24, 2.45) is 5.92 Å². The van der Waals surface area contributed by atoms with Gasteiger partial charge >= 0.3 is 0 Å². The number of oxazole rings is 1. The quantitative estimate of drug-likeness (QED) is 0.271. The van der Waals surface area contributed by atoms with Gasteiger partial charge in [-0.05, 0) is 37.0 Å². The van der Waals surface area contributed by atoms with E-state index in [1.807, 2.05) is 44.2 Å². The number of amides is 4. The summed E-state index contributed by atoms with van der Waals surface area (Å²) in [6.07, 6.45) is 3.37. The lowest BCUT2D eigenvalue weighted by atomic mass is 10.0. The number of hydrogen-bond donors (Lipinski definition) is 3. The third kappa shape index (κ3) is 8.39. The average Bonchev–Trinajstić information content (AvgIpc) is 3.74. The normalized spacial score (nSPS) is 17.7. The Labute approximate surface area is 271 Å². The second-order valence-corrected chi connectivity index (χ2v) is 11.4. The van der Waals surface area contributed by atoms with Gasteiger partial charge in [0.1, 0.15) is 23.9 Å². The van der Waals surface area contributed by atoms with Crippen molar-refractivity contribution in [2.45, 2.75) is 52.2 Å². The Morgan fingerprint density at radius 3 is 2.57 bits per heavy atom. The molecule has 5 rings (SSSR count). The molecular weight excluding hydrogens is 606 g/mol. The van der Waals surface area contributed by atoms with Gasteiger partial charge in [0.25, 0.3) is 17.7 Å². The molecule has 1 aliphatic rings. The highest BCUT2D eigenvalue weighted by Crippen LogP contribution is 2.23. The molecule has 14 nitrogen and oxygen atoms in total. The number of nitrogens with zero attached hydrogens (tertiary/aromatic N) is 4. The Kier molecular flexibility index (Phi) is 10.6. The third-order valence-corrected chi connectivity index (χ3v) is 7.36. The molecule has 4 aromatic rings. The highest BCUT2D eigenvalue weighted by atomic mass is 16.5. The van der Waals surface area contributed by atoms with Crippen LogP contribution in [0.2, 0.25) is 0 Å². The van der Waals surface area contributed by atoms with Crippen LogP contribution in [-0.2, 0) is 17.8 Å². The summed E-state index contributed by atoms with van der Waals surface area (Å²) in [7, 11) is 0. The van der Waals surface area contributed by atoms with E-state index in [0.717, 1.165) is 5.56 Å². The molecule has 47 heavy (non-hydrogen) atoms. The topological polar surface area (TPSA) is 182 Å². The van der Waals surface area contributed by atoms with Gasteiger partial charge in [-0.25, -0.2) is 9.97 Å². The lowest BCUT2D eigenvalue weighted by Gasteiger charge is -2.24. The number of pyridine rings is 1. The summed E-state index contributed by atoms with van der Waals surface area (Å²) in [5.41, 5.74) is 0.987. The van der Waals surface area contributed by atoms with E-state index < -0.39 is 35.7 Å². The molecular formula is C33H37N7O7. The Hall–Kier alpha value is -5.53. The highest BCUT2D eigenvalue weighted by Gasteiger charge is 2.29. The summed E-state index contributed by atoms with van der Waals surface area (Å²) in [6, 6.07) is 12.3. The number of ether oxygens (including phenoxy) is 1. The first-order chi connectivity index (χ1) is 22.7. The maximum absolute atomic E-state index is 13.8. The SMILES string of the molecule is CCOc1ncccc1C(=O)N1CCNC(=O)[C@H](Cc2ccccc2)NC(=O)c2coc(n2)[C@@H](CC(C)C)NC(=O)c2cc(on2)C1. The number of carbonyl (C=O) groups excluding carboxylic acids is 4. The molecule has 0 spiro atoms. The van der Waals surface area contributed by atoms with Crippen LogP contribution in [0.3, 0.4) is 0 Å². The van der Waals surface area contributed by atoms with Crippen LogP contribution in [0.5, 0.6) is 5.88 Å². The molecule has 0 unspecified atom stereocenters. The molecule has 3 aromatic heterocycles. The van der Waals surface area contributed by atoms with Crippen LogP contribution in [0, 0.1) is 5.92 Å². The smallest absolute Gasteiger partial charge is 0.274 e. The van der Waals surface area contributed by atoms with E-state index >= 15 is 0 Å². The molecule has 246 valence electrons. The first-order valence-corrected chi connectivity index (χ1v) is 15.4. The van der Waals surface area contributed by atoms with Crippen LogP contribution in [0.15, 0.2) is 69.9 Å². The lowest BCUT2D eigenvalue weighted by Crippen LogP contribution is -2.49. The maximum Gasteiger partial charge on any atom is 0.274 e. The van der Waals surface area contributed by atoms with E-state index in [-0.39, 0.29) is 66.5 Å². The van der Waals surface area contributed by atoms with Crippen molar-refractivity contribution in [3.63, 3.8) is 0 Å². The largest absolute Gasteiger partial charge is 0.477 e. The predicted octanol–water partition coefficient (Wildman–Crippen LogP) is 3.09. The Balaban J connectivity index is 1.48. The van der Waals surface area contributed by atoms with E-state index in [1.54, 1.807) is 19.1 Å². The number of benzene rings is 1. The molecule has 0 fully saturated rings. The first kappa shape index (κ1) is 32.9. The zero-order valence-electron chi connectivity index (χ0n) is 26.4. The molecule has 2 atom stereocenters. The van der Waals surface area contributed by atoms with Crippen LogP contribution >= 0.6 is 0 Å². The van der Waals surface area contributed by atoms with Gasteiger partial charge in [0.2, 0.25) is 17.7 Å². The summed E-state index contributed by atoms with van der Waals surface area (Å²) < 4.78 is 16.7. The van der Waals surface area contributed by atoms with Gasteiger partial charge in [0, 0.05) is 31.8 Å². The fourth-order valence-corrected chi connectivity index (χ4v) is 5.12. The van der Waals surface area contributed by atoms with Gasteiger partial charge < -0.3 is 34.5 Å². The zero-order valence-corrected chi connectivity index (χ0v) is 26.4. The van der Waals surface area contributed by atoms with E-state index in [0.29, 0.717) is 13.0 Å². The van der Waals surface area contributed by atoms with E-state index in [9.17, 15) is 19.2 Å². The second-order valence-electron chi connectivity index (χ2n) is 11.4. The van der Waals surface area contributed by atoms with E-state index in [4.69, 9.17) is 13.7 Å². The Morgan fingerprint density at radius 2 is 1.81 bits per heavy atom. The van der Waals surface area contributed by atoms with Gasteiger partial charge in [-0.2, -0.15) is 0 Å². The minimum Gasteiger partial charge on any atom is -0.477 e. The molecule has 0 aliphatic carbocycles. The first-order valence-electron chi connectivity index (χ1n) is 15.4. The lowest BCUT2D eigenvalue weighted by molar-refractivity contribution is -0.123. The van der Waals surface area contributed by atoms with Crippen molar-refractivity contribution in [1.29, 1.82) is 0 Å². The molecule has 0 saturated carbocycles. The number of aromatic nitrogens is 3. The van der Waals surface area contributed by atoms with Crippen LogP contribution in [0.4, 0.5) is 0 Å². The minimum absolute atomic E-state index is 0.0137. The monoisotopic (exact) mass is 643 g/mol. The average molecular weight is 644 g/mol. The van der Waals surface area contributed by atoms with Crippen molar-refractivity contribution < 1.29 is 32.9 Å². The minimum atomic E-state index is -0.973. The van der Waals surface area contributed by atoms with Crippen LogP contribution in [-0.4, -0.2) is 69.4 Å². The van der Waals surface area contributed by atoms with E-state index in [2.05, 4.69) is 31.1 Å². The van der Waals surface area contributed by atoms with Gasteiger partial charge in [0.15, 0.2) is 17.1 Å². The highest BCUT2D eigenvalue weighted by molar-refractivity contribution is 5.97. The van der Waals surface area contributed by atoms with Crippen LogP contribution in [0.1, 0.15) is 81.8 Å². The van der Waals surface area contributed by atoms with Crippen LogP contribution in [0.25, 0.3) is 0 Å². The molecule has 4 amide bonds. The number of fused-ring (bicyclic) bond motifs is 4. The van der Waals surface area contributed by atoms with Gasteiger partial charge in [-0.1, -0.05) is 49.3 Å². The molecule has 4 heterocycles. The summed E-state index contributed by atoms with van der Waals surface area (Å²) in [5.74, 6) is -1.39. The summed E-state index contributed by atoms with van der Waals surface area (Å²) >= 11 is 0. The van der Waals surface area contributed by atoms with Crippen LogP contribution < -0.4 is 20.7 Å². The van der Waals surface area contributed by atoms with Gasteiger partial charge in [-0.15, -0.1) is 0 Å². The van der Waals surface area contributed by atoms with Crippen molar-refractivity contribution in [2.75, 3.05) is 19.7 Å². The Morgan fingerprint density at radius 1 is 1.04 bits per heavy atom. The molecule has 4 bridgehead atoms. The van der Waals surface area contributed by atoms with Crippen molar-refractivity contribution in [3.05, 3.63) is 95.2 Å². The van der Waals surface area contributed by atoms with Crippen molar-refractivity contribution >= 4 is 23.6 Å². The third-order valence-electron chi connectivity index (χ3n) is 7.36. The van der Waals surface area contributed by atoms with E-state index in [1.165, 1.54) is 23.4 Å². The Bertz CT molecular complexity index is 1700. The molecule has 3 N–H and O–H groups in total. The standard InChI is InChI=1S/C33H37N7O7/c1-4-45-31-23(11-8-12-35-31)33(44)40-14-13-34-28(41)24(16-21-9-6-5-7-10-21)36-30(43)27-19-46-32(38-27)26(15-20(2)3)37-29(42)25-17-22(18-40)47-39-25/h5-12,17,19-20,24,26H,4,13-16,18H2,1-3H3,(H,34,41)(H,36,43)(H,37,42)/t24-,26+/m0/s1. The van der Waals surface area contributed by atoms with Gasteiger partial charge in [0.05, 0.1) is 13.2 Å². The molecule has 14 heteroatoms. The number of hydrogen-bond acceptors (Lipinski definition) is 10.